The molecular weight excluding hydrogens is 409 g/mol. The van der Waals surface area contributed by atoms with Gasteiger partial charge in [-0.3, -0.25) is 0 Å². The number of unbranched alkanes of at least 4 members (excludes halogenated alkanes) is 1. The summed E-state index contributed by atoms with van der Waals surface area (Å²) in [4.78, 5) is 4.69. The van der Waals surface area contributed by atoms with E-state index in [-0.39, 0.29) is 12.4 Å². The van der Waals surface area contributed by atoms with Crippen molar-refractivity contribution >= 4 is 10.9 Å². The van der Waals surface area contributed by atoms with Crippen LogP contribution in [-0.2, 0) is 6.61 Å². The third-order valence-electron chi connectivity index (χ3n) is 5.14. The van der Waals surface area contributed by atoms with Gasteiger partial charge in [0.15, 0.2) is 0 Å². The van der Waals surface area contributed by atoms with Crippen molar-refractivity contribution < 1.29 is 23.7 Å². The first-order valence-electron chi connectivity index (χ1n) is 11.1. The van der Waals surface area contributed by atoms with Crippen LogP contribution in [0.5, 0.6) is 17.2 Å². The van der Waals surface area contributed by atoms with Crippen molar-refractivity contribution in [2.45, 2.75) is 59.2 Å². The monoisotopic (exact) mass is 441 g/mol. The molecule has 0 radical (unpaired) electrons. The molecule has 1 heterocycles. The van der Waals surface area contributed by atoms with Gasteiger partial charge >= 0.3 is 0 Å². The summed E-state index contributed by atoms with van der Waals surface area (Å²) in [6.45, 7) is 8.75. The Bertz CT molecular complexity index is 1050. The molecule has 0 bridgehead atoms. The van der Waals surface area contributed by atoms with Gasteiger partial charge in [0, 0.05) is 23.4 Å². The average Bonchev–Trinajstić information content (AvgIpc) is 2.74. The Morgan fingerprint density at radius 3 is 2.47 bits per heavy atom. The van der Waals surface area contributed by atoms with E-state index in [0.717, 1.165) is 24.1 Å². The standard InChI is InChI=1S/C26H32FNO4/c1-5-6-13-31-25-18(2)24(28-23-11-10-19(27)15-22(23)25)17-32-21-9-7-8-20(16-21)30-14-12-26(3,4)29/h7-11,15-16,29H,5-6,12-14,17H2,1-4H3. The molecule has 0 saturated carbocycles. The number of hydrogen-bond acceptors (Lipinski definition) is 5. The predicted octanol–water partition coefficient (Wildman–Crippen LogP) is 5.98. The van der Waals surface area contributed by atoms with Crippen LogP contribution in [0.25, 0.3) is 10.9 Å². The highest BCUT2D eigenvalue weighted by atomic mass is 19.1. The molecule has 0 aliphatic rings. The highest BCUT2D eigenvalue weighted by Gasteiger charge is 2.15. The molecule has 0 fully saturated rings. The normalized spacial score (nSPS) is 11.6. The fourth-order valence-corrected chi connectivity index (χ4v) is 3.22. The van der Waals surface area contributed by atoms with E-state index in [1.165, 1.54) is 12.1 Å². The molecule has 6 heteroatoms. The molecule has 5 nitrogen and oxygen atoms in total. The number of pyridine rings is 1. The second-order valence-electron chi connectivity index (χ2n) is 8.55. The maximum atomic E-state index is 13.9. The first kappa shape index (κ1) is 23.8. The quantitative estimate of drug-likeness (QED) is 0.371. The molecule has 0 amide bonds. The minimum atomic E-state index is -0.771. The first-order valence-corrected chi connectivity index (χ1v) is 11.1. The van der Waals surface area contributed by atoms with Crippen LogP contribution in [0.15, 0.2) is 42.5 Å². The maximum Gasteiger partial charge on any atom is 0.133 e. The van der Waals surface area contributed by atoms with Gasteiger partial charge in [0.1, 0.15) is 29.7 Å². The molecule has 0 aliphatic carbocycles. The van der Waals surface area contributed by atoms with Crippen LogP contribution < -0.4 is 14.2 Å². The SMILES string of the molecule is CCCCOc1c(C)c(COc2cccc(OCCC(C)(C)O)c2)nc2ccc(F)cc12. The second kappa shape index (κ2) is 10.6. The Kier molecular flexibility index (Phi) is 7.91. The Morgan fingerprint density at radius 2 is 1.75 bits per heavy atom. The summed E-state index contributed by atoms with van der Waals surface area (Å²) >= 11 is 0. The van der Waals surface area contributed by atoms with Crippen molar-refractivity contribution in [2.24, 2.45) is 0 Å². The van der Waals surface area contributed by atoms with E-state index >= 15 is 0 Å². The lowest BCUT2D eigenvalue weighted by atomic mass is 10.1. The summed E-state index contributed by atoms with van der Waals surface area (Å²) in [5, 5.41) is 10.5. The molecule has 3 rings (SSSR count). The highest BCUT2D eigenvalue weighted by molar-refractivity contribution is 5.86. The number of fused-ring (bicyclic) bond motifs is 1. The zero-order chi connectivity index (χ0) is 23.1. The van der Waals surface area contributed by atoms with E-state index in [0.29, 0.717) is 47.8 Å². The van der Waals surface area contributed by atoms with Gasteiger partial charge in [0.25, 0.3) is 0 Å². The molecule has 0 atom stereocenters. The van der Waals surface area contributed by atoms with Gasteiger partial charge in [-0.1, -0.05) is 19.4 Å². The van der Waals surface area contributed by atoms with Gasteiger partial charge in [0.05, 0.1) is 30.0 Å². The number of benzene rings is 2. The first-order chi connectivity index (χ1) is 15.3. The van der Waals surface area contributed by atoms with Gasteiger partial charge < -0.3 is 19.3 Å². The van der Waals surface area contributed by atoms with E-state index in [4.69, 9.17) is 14.2 Å². The topological polar surface area (TPSA) is 60.8 Å². The number of nitrogens with zero attached hydrogens (tertiary/aromatic N) is 1. The Hall–Kier alpha value is -2.86. The van der Waals surface area contributed by atoms with Crippen molar-refractivity contribution in [3.8, 4) is 17.2 Å². The summed E-state index contributed by atoms with van der Waals surface area (Å²) in [5.41, 5.74) is 1.49. The second-order valence-corrected chi connectivity index (χ2v) is 8.55. The Morgan fingerprint density at radius 1 is 1.00 bits per heavy atom. The molecule has 1 aromatic heterocycles. The lowest BCUT2D eigenvalue weighted by molar-refractivity contribution is 0.0553. The van der Waals surface area contributed by atoms with Gasteiger partial charge in [-0.15, -0.1) is 0 Å². The molecule has 172 valence electrons. The number of aliphatic hydroxyl groups is 1. The fraction of sp³-hybridized carbons (Fsp3) is 0.423. The van der Waals surface area contributed by atoms with Crippen LogP contribution in [0, 0.1) is 12.7 Å². The predicted molar refractivity (Wildman–Crippen MR) is 124 cm³/mol. The summed E-state index contributed by atoms with van der Waals surface area (Å²) in [6.07, 6.45) is 2.46. The molecule has 32 heavy (non-hydrogen) atoms. The molecule has 1 N–H and O–H groups in total. The molecule has 0 saturated heterocycles. The van der Waals surface area contributed by atoms with E-state index in [1.54, 1.807) is 19.9 Å². The van der Waals surface area contributed by atoms with Crippen molar-refractivity contribution in [3.63, 3.8) is 0 Å². The smallest absolute Gasteiger partial charge is 0.133 e. The van der Waals surface area contributed by atoms with Gasteiger partial charge in [-0.2, -0.15) is 0 Å². The summed E-state index contributed by atoms with van der Waals surface area (Å²) in [6, 6.07) is 11.9. The Labute approximate surface area is 189 Å². The van der Waals surface area contributed by atoms with Crippen LogP contribution in [-0.4, -0.2) is 28.9 Å². The lowest BCUT2D eigenvalue weighted by Gasteiger charge is -2.17. The summed E-state index contributed by atoms with van der Waals surface area (Å²) in [7, 11) is 0. The van der Waals surface area contributed by atoms with Crippen molar-refractivity contribution in [1.29, 1.82) is 0 Å². The van der Waals surface area contributed by atoms with Crippen LogP contribution in [0.1, 0.15) is 51.3 Å². The van der Waals surface area contributed by atoms with Crippen LogP contribution in [0.3, 0.4) is 0 Å². The Balaban J connectivity index is 1.76. The van der Waals surface area contributed by atoms with E-state index in [1.807, 2.05) is 31.2 Å². The largest absolute Gasteiger partial charge is 0.493 e. The van der Waals surface area contributed by atoms with E-state index in [9.17, 15) is 9.50 Å². The molecule has 0 unspecified atom stereocenters. The number of rotatable bonds is 11. The molecule has 0 spiro atoms. The summed E-state index contributed by atoms with van der Waals surface area (Å²) < 4.78 is 31.6. The van der Waals surface area contributed by atoms with Gasteiger partial charge in [-0.05, 0) is 57.5 Å². The number of halogens is 1. The van der Waals surface area contributed by atoms with Gasteiger partial charge in [0.2, 0.25) is 0 Å². The van der Waals surface area contributed by atoms with E-state index < -0.39 is 5.60 Å². The summed E-state index contributed by atoms with van der Waals surface area (Å²) in [5.74, 6) is 1.67. The molecular formula is C26H32FNO4. The van der Waals surface area contributed by atoms with Gasteiger partial charge in [-0.25, -0.2) is 9.37 Å². The zero-order valence-corrected chi connectivity index (χ0v) is 19.3. The fourth-order valence-electron chi connectivity index (χ4n) is 3.22. The third kappa shape index (κ3) is 6.57. The third-order valence-corrected chi connectivity index (χ3v) is 5.14. The molecule has 0 aliphatic heterocycles. The van der Waals surface area contributed by atoms with Crippen molar-refractivity contribution in [3.05, 3.63) is 59.5 Å². The van der Waals surface area contributed by atoms with Crippen LogP contribution in [0.2, 0.25) is 0 Å². The van der Waals surface area contributed by atoms with Crippen molar-refractivity contribution in [2.75, 3.05) is 13.2 Å². The minimum Gasteiger partial charge on any atom is -0.493 e. The molecule has 2 aromatic carbocycles. The maximum absolute atomic E-state index is 13.9. The number of ether oxygens (including phenoxy) is 3. The van der Waals surface area contributed by atoms with Crippen LogP contribution in [0.4, 0.5) is 4.39 Å². The van der Waals surface area contributed by atoms with Crippen LogP contribution >= 0.6 is 0 Å². The number of aromatic nitrogens is 1. The highest BCUT2D eigenvalue weighted by Crippen LogP contribution is 2.32. The average molecular weight is 442 g/mol. The zero-order valence-electron chi connectivity index (χ0n) is 19.3. The number of hydrogen-bond donors (Lipinski definition) is 1. The molecule has 3 aromatic rings. The lowest BCUT2D eigenvalue weighted by Crippen LogP contribution is -2.21. The van der Waals surface area contributed by atoms with Crippen molar-refractivity contribution in [1.82, 2.24) is 4.98 Å². The minimum absolute atomic E-state index is 0.246. The van der Waals surface area contributed by atoms with E-state index in [2.05, 4.69) is 11.9 Å².